The third-order valence-electron chi connectivity index (χ3n) is 5.59. The van der Waals surface area contributed by atoms with Crippen LogP contribution in [0.3, 0.4) is 0 Å². The molecule has 0 spiro atoms. The number of nitrogens with one attached hydrogen (secondary N) is 2. The van der Waals surface area contributed by atoms with E-state index < -0.39 is 0 Å². The van der Waals surface area contributed by atoms with Crippen molar-refractivity contribution in [2.45, 2.75) is 19.5 Å². The highest BCUT2D eigenvalue weighted by Crippen LogP contribution is 2.29. The summed E-state index contributed by atoms with van der Waals surface area (Å²) in [5, 5.41) is 14.8. The molecule has 9 heteroatoms. The summed E-state index contributed by atoms with van der Waals surface area (Å²) in [6.45, 7) is 1.57. The monoisotopic (exact) mass is 441 g/mol. The number of ether oxygens (including phenoxy) is 1. The molecule has 5 rings (SSSR count). The fraction of sp³-hybridized carbons (Fsp3) is 0.208. The Labute approximate surface area is 190 Å². The van der Waals surface area contributed by atoms with Gasteiger partial charge in [0.1, 0.15) is 17.8 Å². The van der Waals surface area contributed by atoms with Crippen LogP contribution in [-0.4, -0.2) is 37.2 Å². The summed E-state index contributed by atoms with van der Waals surface area (Å²) in [5.41, 5.74) is 4.29. The van der Waals surface area contributed by atoms with E-state index in [1.165, 1.54) is 11.9 Å². The molecule has 0 atom stereocenters. The zero-order chi connectivity index (χ0) is 22.6. The standard InChI is InChI=1S/C24H23N7O2/c1-31-21(29-30-23(31)20-8-10-25-15-28-20)14-26-19-7-3-5-17(12-19)24(32)27-13-18-6-2-4-16-9-11-33-22(16)18/h2-8,10,12,15,26H,9,11,13-14H2,1H3,(H,27,32). The van der Waals surface area contributed by atoms with Gasteiger partial charge in [-0.1, -0.05) is 24.3 Å². The fourth-order valence-corrected chi connectivity index (χ4v) is 3.81. The van der Waals surface area contributed by atoms with Gasteiger partial charge in [-0.05, 0) is 29.8 Å². The van der Waals surface area contributed by atoms with Crippen LogP contribution in [0.2, 0.25) is 0 Å². The smallest absolute Gasteiger partial charge is 0.251 e. The van der Waals surface area contributed by atoms with Crippen LogP contribution in [0.15, 0.2) is 61.1 Å². The molecule has 9 nitrogen and oxygen atoms in total. The molecule has 0 aliphatic carbocycles. The van der Waals surface area contributed by atoms with Crippen molar-refractivity contribution in [3.8, 4) is 17.3 Å². The first kappa shape index (κ1) is 20.6. The van der Waals surface area contributed by atoms with Crippen molar-refractivity contribution < 1.29 is 9.53 Å². The Morgan fingerprint density at radius 1 is 1.12 bits per heavy atom. The molecule has 33 heavy (non-hydrogen) atoms. The molecule has 1 aliphatic heterocycles. The van der Waals surface area contributed by atoms with E-state index in [1.807, 2.05) is 41.9 Å². The second-order valence-corrected chi connectivity index (χ2v) is 7.71. The number of anilines is 1. The van der Waals surface area contributed by atoms with Crippen molar-refractivity contribution >= 4 is 11.6 Å². The molecular weight excluding hydrogens is 418 g/mol. The van der Waals surface area contributed by atoms with Gasteiger partial charge in [0.05, 0.1) is 13.2 Å². The van der Waals surface area contributed by atoms with E-state index in [4.69, 9.17) is 4.74 Å². The van der Waals surface area contributed by atoms with Gasteiger partial charge in [0, 0.05) is 43.0 Å². The Kier molecular flexibility index (Phi) is 5.67. The second-order valence-electron chi connectivity index (χ2n) is 7.71. The van der Waals surface area contributed by atoms with Crippen molar-refractivity contribution in [1.82, 2.24) is 30.0 Å². The maximum absolute atomic E-state index is 12.7. The van der Waals surface area contributed by atoms with Gasteiger partial charge in [0.15, 0.2) is 11.6 Å². The van der Waals surface area contributed by atoms with Crippen LogP contribution in [0.25, 0.3) is 11.5 Å². The van der Waals surface area contributed by atoms with E-state index in [9.17, 15) is 4.79 Å². The third-order valence-corrected chi connectivity index (χ3v) is 5.59. The van der Waals surface area contributed by atoms with E-state index >= 15 is 0 Å². The highest BCUT2D eigenvalue weighted by molar-refractivity contribution is 5.95. The highest BCUT2D eigenvalue weighted by Gasteiger charge is 2.17. The molecule has 2 N–H and O–H groups in total. The average molecular weight is 441 g/mol. The summed E-state index contributed by atoms with van der Waals surface area (Å²) in [7, 11) is 1.89. The van der Waals surface area contributed by atoms with Crippen molar-refractivity contribution in [2.75, 3.05) is 11.9 Å². The predicted molar refractivity (Wildman–Crippen MR) is 123 cm³/mol. The van der Waals surface area contributed by atoms with Gasteiger partial charge in [-0.2, -0.15) is 0 Å². The summed E-state index contributed by atoms with van der Waals surface area (Å²) in [5.74, 6) is 2.17. The number of carbonyl (C=O) groups excluding carboxylic acids is 1. The summed E-state index contributed by atoms with van der Waals surface area (Å²) < 4.78 is 7.60. The molecule has 166 valence electrons. The van der Waals surface area contributed by atoms with Crippen LogP contribution in [0.4, 0.5) is 5.69 Å². The first-order valence-electron chi connectivity index (χ1n) is 10.7. The Balaban J connectivity index is 1.22. The first-order valence-corrected chi connectivity index (χ1v) is 10.7. The Morgan fingerprint density at radius 3 is 2.91 bits per heavy atom. The summed E-state index contributed by atoms with van der Waals surface area (Å²) >= 11 is 0. The van der Waals surface area contributed by atoms with Crippen LogP contribution in [0.1, 0.15) is 27.3 Å². The molecule has 0 bridgehead atoms. The van der Waals surface area contributed by atoms with Gasteiger partial charge in [0.2, 0.25) is 0 Å². The lowest BCUT2D eigenvalue weighted by atomic mass is 10.1. The summed E-state index contributed by atoms with van der Waals surface area (Å²) in [6.07, 6.45) is 4.07. The molecule has 0 radical (unpaired) electrons. The predicted octanol–water partition coefficient (Wildman–Crippen LogP) is 2.75. The number of carbonyl (C=O) groups is 1. The van der Waals surface area contributed by atoms with Gasteiger partial charge in [-0.15, -0.1) is 10.2 Å². The van der Waals surface area contributed by atoms with Crippen LogP contribution in [-0.2, 0) is 26.6 Å². The SMILES string of the molecule is Cn1c(CNc2cccc(C(=O)NCc3cccc4c3OCC4)c2)nnc1-c1ccncn1. The van der Waals surface area contributed by atoms with Crippen molar-refractivity contribution in [1.29, 1.82) is 0 Å². The number of nitrogens with zero attached hydrogens (tertiary/aromatic N) is 5. The zero-order valence-corrected chi connectivity index (χ0v) is 18.2. The molecule has 4 aromatic rings. The van der Waals surface area contributed by atoms with Crippen molar-refractivity contribution in [3.63, 3.8) is 0 Å². The minimum atomic E-state index is -0.140. The Bertz CT molecular complexity index is 1290. The normalized spacial score (nSPS) is 12.2. The number of hydrogen-bond acceptors (Lipinski definition) is 7. The van der Waals surface area contributed by atoms with Crippen LogP contribution in [0.5, 0.6) is 5.75 Å². The maximum atomic E-state index is 12.7. The minimum absolute atomic E-state index is 0.140. The van der Waals surface area contributed by atoms with Gasteiger partial charge < -0.3 is 19.9 Å². The van der Waals surface area contributed by atoms with Gasteiger partial charge >= 0.3 is 0 Å². The molecule has 3 heterocycles. The Morgan fingerprint density at radius 2 is 2.03 bits per heavy atom. The number of rotatable bonds is 7. The molecule has 0 saturated carbocycles. The highest BCUT2D eigenvalue weighted by atomic mass is 16.5. The quantitative estimate of drug-likeness (QED) is 0.454. The van der Waals surface area contributed by atoms with Gasteiger partial charge in [0.25, 0.3) is 5.91 Å². The number of aromatic nitrogens is 5. The molecular formula is C24H23N7O2. The molecule has 0 saturated heterocycles. The summed E-state index contributed by atoms with van der Waals surface area (Å²) in [6, 6.07) is 15.2. The number of benzene rings is 2. The van der Waals surface area contributed by atoms with E-state index in [2.05, 4.69) is 36.9 Å². The van der Waals surface area contributed by atoms with Crippen LogP contribution < -0.4 is 15.4 Å². The fourth-order valence-electron chi connectivity index (χ4n) is 3.81. The minimum Gasteiger partial charge on any atom is -0.493 e. The van der Waals surface area contributed by atoms with Crippen molar-refractivity contribution in [2.24, 2.45) is 7.05 Å². The van der Waals surface area contributed by atoms with Crippen LogP contribution >= 0.6 is 0 Å². The van der Waals surface area contributed by atoms with E-state index in [1.54, 1.807) is 18.3 Å². The Hall–Kier alpha value is -4.27. The topological polar surface area (TPSA) is 107 Å². The molecule has 0 unspecified atom stereocenters. The lowest BCUT2D eigenvalue weighted by Gasteiger charge is -2.11. The molecule has 1 aliphatic rings. The maximum Gasteiger partial charge on any atom is 0.251 e. The lowest BCUT2D eigenvalue weighted by Crippen LogP contribution is -2.23. The second kappa shape index (κ2) is 9.07. The van der Waals surface area contributed by atoms with E-state index in [-0.39, 0.29) is 5.91 Å². The van der Waals surface area contributed by atoms with Gasteiger partial charge in [-0.25, -0.2) is 9.97 Å². The molecule has 1 amide bonds. The lowest BCUT2D eigenvalue weighted by molar-refractivity contribution is 0.0950. The third kappa shape index (κ3) is 4.38. The molecule has 0 fully saturated rings. The largest absolute Gasteiger partial charge is 0.493 e. The average Bonchev–Trinajstić information content (AvgIpc) is 3.49. The number of fused-ring (bicyclic) bond motifs is 1. The zero-order valence-electron chi connectivity index (χ0n) is 18.2. The van der Waals surface area contributed by atoms with Crippen molar-refractivity contribution in [3.05, 3.63) is 83.6 Å². The summed E-state index contributed by atoms with van der Waals surface area (Å²) in [4.78, 5) is 20.9. The molecule has 2 aromatic heterocycles. The van der Waals surface area contributed by atoms with Crippen LogP contribution in [0, 0.1) is 0 Å². The number of para-hydroxylation sites is 1. The van der Waals surface area contributed by atoms with E-state index in [0.717, 1.165) is 29.2 Å². The first-order chi connectivity index (χ1) is 16.2. The molecule has 2 aromatic carbocycles. The number of amides is 1. The van der Waals surface area contributed by atoms with E-state index in [0.29, 0.717) is 36.8 Å². The number of hydrogen-bond donors (Lipinski definition) is 2. The van der Waals surface area contributed by atoms with Gasteiger partial charge in [-0.3, -0.25) is 4.79 Å².